The molecule has 2 aromatic rings. The maximum absolute atomic E-state index is 4.53. The third kappa shape index (κ3) is 3.23. The molecule has 1 fully saturated rings. The summed E-state index contributed by atoms with van der Waals surface area (Å²) in [5.74, 6) is 0.808. The molecule has 0 amide bonds. The van der Waals surface area contributed by atoms with Gasteiger partial charge in [-0.1, -0.05) is 29.8 Å². The van der Waals surface area contributed by atoms with Gasteiger partial charge in [-0.25, -0.2) is 4.98 Å². The molecule has 0 spiro atoms. The van der Waals surface area contributed by atoms with Crippen LogP contribution in [0.4, 0.5) is 0 Å². The van der Waals surface area contributed by atoms with Crippen molar-refractivity contribution in [3.63, 3.8) is 0 Å². The van der Waals surface area contributed by atoms with Gasteiger partial charge in [0.25, 0.3) is 0 Å². The average molecular weight is 272 g/mol. The van der Waals surface area contributed by atoms with Gasteiger partial charge in [0.2, 0.25) is 0 Å². The number of benzene rings is 1. The van der Waals surface area contributed by atoms with Crippen LogP contribution < -0.4 is 5.32 Å². The quantitative estimate of drug-likeness (QED) is 0.890. The summed E-state index contributed by atoms with van der Waals surface area (Å²) in [7, 11) is 0. The molecule has 0 saturated heterocycles. The number of hydrogen-bond donors (Lipinski definition) is 1. The van der Waals surface area contributed by atoms with Gasteiger partial charge >= 0.3 is 0 Å². The van der Waals surface area contributed by atoms with E-state index in [-0.39, 0.29) is 0 Å². The first-order valence-corrected chi connectivity index (χ1v) is 7.81. The lowest BCUT2D eigenvalue weighted by Crippen LogP contribution is -2.22. The molecule has 2 nitrogen and oxygen atoms in total. The second-order valence-electron chi connectivity index (χ2n) is 5.46. The predicted molar refractivity (Wildman–Crippen MR) is 80.3 cm³/mol. The summed E-state index contributed by atoms with van der Waals surface area (Å²) in [4.78, 5) is 4.53. The van der Waals surface area contributed by atoms with E-state index in [1.165, 1.54) is 29.7 Å². The molecule has 1 aliphatic carbocycles. The minimum Gasteiger partial charge on any atom is -0.304 e. The predicted octanol–water partition coefficient (Wildman–Crippen LogP) is 4.00. The highest BCUT2D eigenvalue weighted by atomic mass is 32.1. The van der Waals surface area contributed by atoms with Gasteiger partial charge in [-0.2, -0.15) is 0 Å². The summed E-state index contributed by atoms with van der Waals surface area (Å²) in [5.41, 5.74) is 3.91. The van der Waals surface area contributed by atoms with Crippen LogP contribution in [-0.4, -0.2) is 4.98 Å². The molecular formula is C16H20N2S. The Balaban J connectivity index is 1.69. The Morgan fingerprint density at radius 2 is 2.00 bits per heavy atom. The maximum atomic E-state index is 4.53. The van der Waals surface area contributed by atoms with E-state index in [0.717, 1.165) is 17.5 Å². The van der Waals surface area contributed by atoms with Crippen molar-refractivity contribution in [1.29, 1.82) is 0 Å². The van der Waals surface area contributed by atoms with E-state index < -0.39 is 0 Å². The van der Waals surface area contributed by atoms with Crippen molar-refractivity contribution < 1.29 is 0 Å². The summed E-state index contributed by atoms with van der Waals surface area (Å²) in [6, 6.07) is 9.43. The molecule has 1 atom stereocenters. The van der Waals surface area contributed by atoms with Crippen LogP contribution in [0.15, 0.2) is 29.6 Å². The van der Waals surface area contributed by atoms with Gasteiger partial charge in [0.05, 0.1) is 10.7 Å². The third-order valence-electron chi connectivity index (χ3n) is 3.70. The van der Waals surface area contributed by atoms with Crippen LogP contribution in [0.5, 0.6) is 0 Å². The molecule has 3 heteroatoms. The lowest BCUT2D eigenvalue weighted by Gasteiger charge is -2.18. The van der Waals surface area contributed by atoms with Gasteiger partial charge in [0.15, 0.2) is 0 Å². The molecule has 1 aromatic heterocycles. The lowest BCUT2D eigenvalue weighted by atomic mass is 10.0. The average Bonchev–Trinajstić information content (AvgIpc) is 3.15. The van der Waals surface area contributed by atoms with Crippen LogP contribution in [0.2, 0.25) is 0 Å². The highest BCUT2D eigenvalue weighted by Crippen LogP contribution is 2.41. The third-order valence-corrected chi connectivity index (χ3v) is 4.52. The minimum absolute atomic E-state index is 0.489. The number of thiazole rings is 1. The molecule has 100 valence electrons. The number of nitrogens with zero attached hydrogens (tertiary/aromatic N) is 1. The fraction of sp³-hybridized carbons (Fsp3) is 0.438. The Hall–Kier alpha value is -1.19. The highest BCUT2D eigenvalue weighted by Gasteiger charge is 2.31. The van der Waals surface area contributed by atoms with E-state index in [0.29, 0.717) is 6.04 Å². The molecule has 1 heterocycles. The van der Waals surface area contributed by atoms with E-state index in [9.17, 15) is 0 Å². The van der Waals surface area contributed by atoms with E-state index >= 15 is 0 Å². The summed E-state index contributed by atoms with van der Waals surface area (Å²) >= 11 is 1.73. The maximum Gasteiger partial charge on any atom is 0.0897 e. The van der Waals surface area contributed by atoms with Crippen LogP contribution >= 0.6 is 11.3 Å². The van der Waals surface area contributed by atoms with Crippen molar-refractivity contribution in [2.45, 2.75) is 39.3 Å². The topological polar surface area (TPSA) is 24.9 Å². The van der Waals surface area contributed by atoms with Crippen molar-refractivity contribution in [2.75, 3.05) is 0 Å². The largest absolute Gasteiger partial charge is 0.304 e. The van der Waals surface area contributed by atoms with Gasteiger partial charge < -0.3 is 5.32 Å². The molecule has 0 bridgehead atoms. The number of hydrogen-bond acceptors (Lipinski definition) is 3. The molecule has 19 heavy (non-hydrogen) atoms. The molecular weight excluding hydrogens is 252 g/mol. The molecule has 0 radical (unpaired) electrons. The van der Waals surface area contributed by atoms with Gasteiger partial charge in [-0.05, 0) is 38.2 Å². The fourth-order valence-electron chi connectivity index (χ4n) is 2.46. The summed E-state index contributed by atoms with van der Waals surface area (Å²) in [6.45, 7) is 5.08. The SMILES string of the molecule is Cc1ccc(C(NCc2csc(C)n2)C2CC2)cc1. The molecule has 1 N–H and O–H groups in total. The Morgan fingerprint density at radius 1 is 1.26 bits per heavy atom. The summed E-state index contributed by atoms with van der Waals surface area (Å²) in [5, 5.41) is 6.99. The van der Waals surface area contributed by atoms with Crippen LogP contribution in [0.3, 0.4) is 0 Å². The monoisotopic (exact) mass is 272 g/mol. The second-order valence-corrected chi connectivity index (χ2v) is 6.53. The summed E-state index contributed by atoms with van der Waals surface area (Å²) in [6.07, 6.45) is 2.70. The Morgan fingerprint density at radius 3 is 2.58 bits per heavy atom. The molecule has 1 aliphatic rings. The first kappa shape index (κ1) is 12.8. The van der Waals surface area contributed by atoms with Crippen LogP contribution in [0.1, 0.15) is 40.7 Å². The first-order valence-electron chi connectivity index (χ1n) is 6.93. The molecule has 1 saturated carbocycles. The lowest BCUT2D eigenvalue weighted by molar-refractivity contribution is 0.477. The van der Waals surface area contributed by atoms with Crippen molar-refractivity contribution in [1.82, 2.24) is 10.3 Å². The highest BCUT2D eigenvalue weighted by molar-refractivity contribution is 7.09. The molecule has 3 rings (SSSR count). The number of aromatic nitrogens is 1. The van der Waals surface area contributed by atoms with Gasteiger partial charge in [0, 0.05) is 18.0 Å². The normalized spacial score (nSPS) is 16.5. The molecule has 1 unspecified atom stereocenters. The molecule has 1 aromatic carbocycles. The van der Waals surface area contributed by atoms with Crippen molar-refractivity contribution >= 4 is 11.3 Å². The smallest absolute Gasteiger partial charge is 0.0897 e. The van der Waals surface area contributed by atoms with Crippen molar-refractivity contribution in [3.8, 4) is 0 Å². The van der Waals surface area contributed by atoms with Gasteiger partial charge in [-0.3, -0.25) is 0 Å². The van der Waals surface area contributed by atoms with E-state index in [1.54, 1.807) is 11.3 Å². The standard InChI is InChI=1S/C16H20N2S/c1-11-3-5-13(6-4-11)16(14-7-8-14)17-9-15-10-19-12(2)18-15/h3-6,10,14,16-17H,7-9H2,1-2H3. The van der Waals surface area contributed by atoms with E-state index in [1.807, 2.05) is 0 Å². The second kappa shape index (κ2) is 5.43. The van der Waals surface area contributed by atoms with Crippen LogP contribution in [-0.2, 0) is 6.54 Å². The van der Waals surface area contributed by atoms with Crippen molar-refractivity contribution in [3.05, 3.63) is 51.5 Å². The Kier molecular flexibility index (Phi) is 3.67. The van der Waals surface area contributed by atoms with Gasteiger partial charge in [0.1, 0.15) is 0 Å². The van der Waals surface area contributed by atoms with Crippen LogP contribution in [0, 0.1) is 19.8 Å². The minimum atomic E-state index is 0.489. The first-order chi connectivity index (χ1) is 9.22. The number of rotatable bonds is 5. The summed E-state index contributed by atoms with van der Waals surface area (Å²) < 4.78 is 0. The van der Waals surface area contributed by atoms with Crippen molar-refractivity contribution in [2.24, 2.45) is 5.92 Å². The van der Waals surface area contributed by atoms with Gasteiger partial charge in [-0.15, -0.1) is 11.3 Å². The Bertz CT molecular complexity index is 540. The Labute approximate surface area is 118 Å². The molecule has 0 aliphatic heterocycles. The van der Waals surface area contributed by atoms with Crippen LogP contribution in [0.25, 0.3) is 0 Å². The zero-order chi connectivity index (χ0) is 13.2. The number of nitrogens with one attached hydrogen (secondary N) is 1. The number of aryl methyl sites for hydroxylation is 2. The zero-order valence-corrected chi connectivity index (χ0v) is 12.3. The fourth-order valence-corrected chi connectivity index (χ4v) is 3.08. The zero-order valence-electron chi connectivity index (χ0n) is 11.5. The van der Waals surface area contributed by atoms with E-state index in [4.69, 9.17) is 0 Å². The van der Waals surface area contributed by atoms with E-state index in [2.05, 4.69) is 53.8 Å².